The average Bonchev–Trinajstić information content (AvgIpc) is 2.75. The average molecular weight is 316 g/mol. The molecule has 1 saturated heterocycles. The summed E-state index contributed by atoms with van der Waals surface area (Å²) >= 11 is 0. The fourth-order valence-corrected chi connectivity index (χ4v) is 4.16. The maximum absolute atomic E-state index is 12.7. The van der Waals surface area contributed by atoms with E-state index in [1.807, 2.05) is 14.0 Å². The van der Waals surface area contributed by atoms with Crippen LogP contribution in [0.25, 0.3) is 0 Å². The van der Waals surface area contributed by atoms with Gasteiger partial charge in [-0.1, -0.05) is 0 Å². The van der Waals surface area contributed by atoms with Gasteiger partial charge in [0.25, 0.3) is 0 Å². The highest BCUT2D eigenvalue weighted by molar-refractivity contribution is 7.89. The molecule has 0 bridgehead atoms. The van der Waals surface area contributed by atoms with E-state index in [1.165, 1.54) is 16.7 Å². The van der Waals surface area contributed by atoms with Crippen LogP contribution in [-0.4, -0.2) is 71.2 Å². The normalized spacial score (nSPS) is 22.1. The van der Waals surface area contributed by atoms with Crippen LogP contribution in [0.15, 0.2) is 17.3 Å². The molecular weight excluding hydrogens is 296 g/mol. The predicted octanol–water partition coefficient (Wildman–Crippen LogP) is -0.318. The maximum Gasteiger partial charge on any atom is 0.325 e. The number of likely N-dealkylation sites (N-methyl/N-ethyl adjacent to an activating group) is 1. The molecule has 1 fully saturated rings. The van der Waals surface area contributed by atoms with Gasteiger partial charge in [-0.15, -0.1) is 0 Å². The summed E-state index contributed by atoms with van der Waals surface area (Å²) in [5.74, 6) is -1.06. The maximum atomic E-state index is 12.7. The van der Waals surface area contributed by atoms with Crippen LogP contribution in [0.2, 0.25) is 0 Å². The van der Waals surface area contributed by atoms with Crippen LogP contribution < -0.4 is 0 Å². The van der Waals surface area contributed by atoms with Crippen LogP contribution in [0.1, 0.15) is 13.3 Å². The van der Waals surface area contributed by atoms with E-state index in [0.29, 0.717) is 13.1 Å². The van der Waals surface area contributed by atoms with E-state index < -0.39 is 16.0 Å². The summed E-state index contributed by atoms with van der Waals surface area (Å²) in [5, 5.41) is 12.5. The lowest BCUT2D eigenvalue weighted by Crippen LogP contribution is -2.41. The molecular formula is C12H20N4O4S. The highest BCUT2D eigenvalue weighted by Crippen LogP contribution is 2.20. The highest BCUT2D eigenvalue weighted by atomic mass is 32.2. The Bertz CT molecular complexity index is 613. The zero-order valence-corrected chi connectivity index (χ0v) is 13.0. The molecule has 21 heavy (non-hydrogen) atoms. The summed E-state index contributed by atoms with van der Waals surface area (Å²) in [6, 6.07) is -0.134. The van der Waals surface area contributed by atoms with Gasteiger partial charge in [0, 0.05) is 25.3 Å². The first-order chi connectivity index (χ1) is 9.80. The SMILES string of the molecule is CC1CN(C)CCCN1S(=O)(=O)c1cnn(CC(=O)O)c1. The number of hydrogen-bond acceptors (Lipinski definition) is 5. The minimum Gasteiger partial charge on any atom is -0.480 e. The largest absolute Gasteiger partial charge is 0.480 e. The molecule has 0 aromatic carbocycles. The van der Waals surface area contributed by atoms with Crippen LogP contribution >= 0.6 is 0 Å². The van der Waals surface area contributed by atoms with Gasteiger partial charge >= 0.3 is 5.97 Å². The van der Waals surface area contributed by atoms with E-state index in [2.05, 4.69) is 10.00 Å². The number of sulfonamides is 1. The topological polar surface area (TPSA) is 95.7 Å². The molecule has 1 N–H and O–H groups in total. The first-order valence-corrected chi connectivity index (χ1v) is 8.19. The Balaban J connectivity index is 2.24. The predicted molar refractivity (Wildman–Crippen MR) is 75.3 cm³/mol. The first-order valence-electron chi connectivity index (χ1n) is 6.75. The van der Waals surface area contributed by atoms with Crippen molar-refractivity contribution in [1.82, 2.24) is 19.0 Å². The number of carbonyl (C=O) groups is 1. The van der Waals surface area contributed by atoms with Crippen molar-refractivity contribution in [1.29, 1.82) is 0 Å². The minimum atomic E-state index is -3.64. The van der Waals surface area contributed by atoms with E-state index in [4.69, 9.17) is 5.11 Å². The zero-order chi connectivity index (χ0) is 15.6. The first kappa shape index (κ1) is 15.9. The van der Waals surface area contributed by atoms with Crippen LogP contribution in [0.3, 0.4) is 0 Å². The Kier molecular flexibility index (Phi) is 4.64. The Morgan fingerprint density at radius 3 is 2.86 bits per heavy atom. The summed E-state index contributed by atoms with van der Waals surface area (Å²) < 4.78 is 27.9. The Morgan fingerprint density at radius 1 is 1.48 bits per heavy atom. The van der Waals surface area contributed by atoms with Gasteiger partial charge in [-0.05, 0) is 26.9 Å². The third-order valence-corrected chi connectivity index (χ3v) is 5.47. The Labute approximate surface area is 124 Å². The van der Waals surface area contributed by atoms with Crippen molar-refractivity contribution in [2.24, 2.45) is 0 Å². The summed E-state index contributed by atoms with van der Waals surface area (Å²) in [6.45, 7) is 3.50. The van der Waals surface area contributed by atoms with Crippen molar-refractivity contribution < 1.29 is 18.3 Å². The molecule has 1 unspecified atom stereocenters. The Hall–Kier alpha value is -1.45. The van der Waals surface area contributed by atoms with Crippen molar-refractivity contribution in [2.75, 3.05) is 26.7 Å². The summed E-state index contributed by atoms with van der Waals surface area (Å²) in [5.41, 5.74) is 0. The monoisotopic (exact) mass is 316 g/mol. The van der Waals surface area contributed by atoms with Crippen molar-refractivity contribution >= 4 is 16.0 Å². The highest BCUT2D eigenvalue weighted by Gasteiger charge is 2.32. The van der Waals surface area contributed by atoms with Gasteiger partial charge in [-0.25, -0.2) is 8.42 Å². The van der Waals surface area contributed by atoms with Gasteiger partial charge in [0.2, 0.25) is 10.0 Å². The standard InChI is InChI=1S/C12H20N4O4S/c1-10-7-14(2)4-3-5-16(10)21(19,20)11-6-13-15(8-11)9-12(17)18/h6,8,10H,3-5,7,9H2,1-2H3,(H,17,18). The fraction of sp³-hybridized carbons (Fsp3) is 0.667. The van der Waals surface area contributed by atoms with Gasteiger partial charge < -0.3 is 10.0 Å². The molecule has 1 atom stereocenters. The van der Waals surface area contributed by atoms with Crippen LogP contribution in [-0.2, 0) is 21.4 Å². The van der Waals surface area contributed by atoms with E-state index in [9.17, 15) is 13.2 Å². The molecule has 0 amide bonds. The number of carboxylic acids is 1. The molecule has 0 spiro atoms. The number of nitrogens with zero attached hydrogens (tertiary/aromatic N) is 4. The van der Waals surface area contributed by atoms with Crippen molar-refractivity contribution in [3.63, 3.8) is 0 Å². The number of aromatic nitrogens is 2. The molecule has 1 aromatic rings. The molecule has 2 heterocycles. The molecule has 9 heteroatoms. The second-order valence-corrected chi connectivity index (χ2v) is 7.24. The number of rotatable bonds is 4. The molecule has 1 aliphatic rings. The molecule has 8 nitrogen and oxygen atoms in total. The molecule has 1 aromatic heterocycles. The van der Waals surface area contributed by atoms with E-state index in [-0.39, 0.29) is 17.5 Å². The van der Waals surface area contributed by atoms with Crippen LogP contribution in [0.4, 0.5) is 0 Å². The third kappa shape index (κ3) is 3.60. The van der Waals surface area contributed by atoms with Crippen molar-refractivity contribution in [3.05, 3.63) is 12.4 Å². The van der Waals surface area contributed by atoms with E-state index in [0.717, 1.165) is 17.6 Å². The zero-order valence-electron chi connectivity index (χ0n) is 12.1. The second-order valence-electron chi connectivity index (χ2n) is 5.35. The smallest absolute Gasteiger partial charge is 0.325 e. The summed E-state index contributed by atoms with van der Waals surface area (Å²) in [7, 11) is -1.67. The number of carboxylic acid groups (broad SMARTS) is 1. The van der Waals surface area contributed by atoms with E-state index in [1.54, 1.807) is 0 Å². The summed E-state index contributed by atoms with van der Waals surface area (Å²) in [6.07, 6.45) is 3.24. The molecule has 118 valence electrons. The lowest BCUT2D eigenvalue weighted by atomic mass is 10.3. The molecule has 0 radical (unpaired) electrons. The number of hydrogen-bond donors (Lipinski definition) is 1. The molecule has 0 aliphatic carbocycles. The van der Waals surface area contributed by atoms with E-state index >= 15 is 0 Å². The lowest BCUT2D eigenvalue weighted by molar-refractivity contribution is -0.137. The van der Waals surface area contributed by atoms with Gasteiger partial charge in [-0.2, -0.15) is 9.40 Å². The van der Waals surface area contributed by atoms with Gasteiger partial charge in [0.15, 0.2) is 0 Å². The van der Waals surface area contributed by atoms with Crippen molar-refractivity contribution in [3.8, 4) is 0 Å². The Morgan fingerprint density at radius 2 is 2.19 bits per heavy atom. The van der Waals surface area contributed by atoms with Crippen LogP contribution in [0, 0.1) is 0 Å². The van der Waals surface area contributed by atoms with Crippen molar-refractivity contribution in [2.45, 2.75) is 30.8 Å². The molecule has 2 rings (SSSR count). The fourth-order valence-electron chi connectivity index (χ4n) is 2.55. The minimum absolute atomic E-state index is 0.0418. The second kappa shape index (κ2) is 6.12. The van der Waals surface area contributed by atoms with Gasteiger partial charge in [0.05, 0.1) is 6.20 Å². The molecule has 0 saturated carbocycles. The van der Waals surface area contributed by atoms with Crippen LogP contribution in [0.5, 0.6) is 0 Å². The lowest BCUT2D eigenvalue weighted by Gasteiger charge is -2.26. The van der Waals surface area contributed by atoms with Gasteiger partial charge in [0.1, 0.15) is 11.4 Å². The quantitative estimate of drug-likeness (QED) is 0.818. The molecule has 1 aliphatic heterocycles. The number of aliphatic carboxylic acids is 1. The third-order valence-electron chi connectivity index (χ3n) is 3.50. The summed E-state index contributed by atoms with van der Waals surface area (Å²) in [4.78, 5) is 12.8. The van der Waals surface area contributed by atoms with Gasteiger partial charge in [-0.3, -0.25) is 9.48 Å².